The number of rotatable bonds is 3. The van der Waals surface area contributed by atoms with Gasteiger partial charge in [-0.25, -0.2) is 14.5 Å². The summed E-state index contributed by atoms with van der Waals surface area (Å²) < 4.78 is 1.23. The van der Waals surface area contributed by atoms with Crippen LogP contribution in [0.2, 0.25) is 0 Å². The Morgan fingerprint density at radius 3 is 2.67 bits per heavy atom. The monoisotopic (exact) mass is 246 g/mol. The summed E-state index contributed by atoms with van der Waals surface area (Å²) >= 11 is 0. The highest BCUT2D eigenvalue weighted by Gasteiger charge is 2.16. The highest BCUT2D eigenvalue weighted by molar-refractivity contribution is 5.96. The van der Waals surface area contributed by atoms with Gasteiger partial charge in [-0.15, -0.1) is 0 Å². The third-order valence-electron chi connectivity index (χ3n) is 2.40. The lowest BCUT2D eigenvalue weighted by atomic mass is 10.2. The number of carboxylic acid groups (broad SMARTS) is 1. The number of aromatic nitrogens is 3. The SMILES string of the molecule is Cc1nn(-c2ncccc2C(N)=O)cc1C(=O)O. The lowest BCUT2D eigenvalue weighted by Gasteiger charge is -2.04. The van der Waals surface area contributed by atoms with Crippen LogP contribution in [0.15, 0.2) is 24.5 Å². The van der Waals surface area contributed by atoms with E-state index in [1.54, 1.807) is 13.0 Å². The van der Waals surface area contributed by atoms with Crippen molar-refractivity contribution in [1.29, 1.82) is 0 Å². The van der Waals surface area contributed by atoms with Crippen LogP contribution in [0.3, 0.4) is 0 Å². The van der Waals surface area contributed by atoms with Crippen LogP contribution >= 0.6 is 0 Å². The molecule has 7 heteroatoms. The number of amides is 1. The molecule has 2 aromatic heterocycles. The van der Waals surface area contributed by atoms with Crippen molar-refractivity contribution in [1.82, 2.24) is 14.8 Å². The average molecular weight is 246 g/mol. The number of carbonyl (C=O) groups is 2. The fourth-order valence-corrected chi connectivity index (χ4v) is 1.55. The summed E-state index contributed by atoms with van der Waals surface area (Å²) in [5, 5.41) is 12.9. The number of carbonyl (C=O) groups excluding carboxylic acids is 1. The molecule has 0 unspecified atom stereocenters. The zero-order chi connectivity index (χ0) is 13.3. The van der Waals surface area contributed by atoms with Crippen LogP contribution in [0.25, 0.3) is 5.82 Å². The first-order valence-electron chi connectivity index (χ1n) is 5.05. The Balaban J connectivity index is 2.59. The molecule has 0 bridgehead atoms. The molecule has 18 heavy (non-hydrogen) atoms. The van der Waals surface area contributed by atoms with Crippen molar-refractivity contribution >= 4 is 11.9 Å². The van der Waals surface area contributed by atoms with Gasteiger partial charge in [-0.1, -0.05) is 0 Å². The minimum atomic E-state index is -1.09. The largest absolute Gasteiger partial charge is 0.478 e. The van der Waals surface area contributed by atoms with Crippen molar-refractivity contribution in [3.8, 4) is 5.82 Å². The average Bonchev–Trinajstić information content (AvgIpc) is 2.71. The number of primary amides is 1. The molecular formula is C11H10N4O3. The predicted octanol–water partition coefficient (Wildman–Crippen LogP) is 0.373. The number of pyridine rings is 1. The molecule has 92 valence electrons. The molecule has 3 N–H and O–H groups in total. The summed E-state index contributed by atoms with van der Waals surface area (Å²) in [7, 11) is 0. The smallest absolute Gasteiger partial charge is 0.339 e. The Labute approximate surface area is 102 Å². The number of aromatic carboxylic acids is 1. The van der Waals surface area contributed by atoms with Crippen molar-refractivity contribution in [3.63, 3.8) is 0 Å². The van der Waals surface area contributed by atoms with E-state index >= 15 is 0 Å². The van der Waals surface area contributed by atoms with Gasteiger partial charge >= 0.3 is 5.97 Å². The molecule has 7 nitrogen and oxygen atoms in total. The number of nitrogens with two attached hydrogens (primary N) is 1. The first-order valence-corrected chi connectivity index (χ1v) is 5.05. The molecule has 0 atom stereocenters. The third-order valence-corrected chi connectivity index (χ3v) is 2.40. The summed E-state index contributed by atoms with van der Waals surface area (Å²) in [4.78, 5) is 26.2. The maximum atomic E-state index is 11.2. The maximum absolute atomic E-state index is 11.2. The number of carboxylic acids is 1. The number of nitrogens with zero attached hydrogens (tertiary/aromatic N) is 3. The van der Waals surface area contributed by atoms with Gasteiger partial charge < -0.3 is 10.8 Å². The lowest BCUT2D eigenvalue weighted by Crippen LogP contribution is -2.16. The van der Waals surface area contributed by atoms with Crippen LogP contribution in [0.4, 0.5) is 0 Å². The van der Waals surface area contributed by atoms with Crippen molar-refractivity contribution in [2.75, 3.05) is 0 Å². The zero-order valence-electron chi connectivity index (χ0n) is 9.49. The van der Waals surface area contributed by atoms with Crippen molar-refractivity contribution in [2.45, 2.75) is 6.92 Å². The van der Waals surface area contributed by atoms with Crippen LogP contribution in [0.1, 0.15) is 26.4 Å². The number of hydrogen-bond donors (Lipinski definition) is 2. The Morgan fingerprint density at radius 2 is 2.11 bits per heavy atom. The van der Waals surface area contributed by atoms with Crippen LogP contribution in [0, 0.1) is 6.92 Å². The van der Waals surface area contributed by atoms with Gasteiger partial charge in [-0.05, 0) is 19.1 Å². The molecule has 1 amide bonds. The van der Waals surface area contributed by atoms with Crippen LogP contribution in [0.5, 0.6) is 0 Å². The van der Waals surface area contributed by atoms with E-state index in [0.29, 0.717) is 5.69 Å². The molecule has 0 aliphatic heterocycles. The van der Waals surface area contributed by atoms with Gasteiger partial charge in [0.1, 0.15) is 5.56 Å². The van der Waals surface area contributed by atoms with Crippen molar-refractivity contribution in [3.05, 3.63) is 41.3 Å². The molecule has 0 radical (unpaired) electrons. The van der Waals surface area contributed by atoms with Gasteiger partial charge in [-0.2, -0.15) is 5.10 Å². The second-order valence-corrected chi connectivity index (χ2v) is 3.62. The van der Waals surface area contributed by atoms with Crippen LogP contribution in [-0.4, -0.2) is 31.7 Å². The molecule has 2 rings (SSSR count). The topological polar surface area (TPSA) is 111 Å². The summed E-state index contributed by atoms with van der Waals surface area (Å²) in [6.07, 6.45) is 2.77. The van der Waals surface area contributed by atoms with Gasteiger partial charge in [0.15, 0.2) is 5.82 Å². The normalized spacial score (nSPS) is 10.3. The lowest BCUT2D eigenvalue weighted by molar-refractivity contribution is 0.0696. The molecule has 2 aromatic rings. The fourth-order valence-electron chi connectivity index (χ4n) is 1.55. The molecule has 0 saturated heterocycles. The van der Waals surface area contributed by atoms with E-state index in [1.807, 2.05) is 0 Å². The minimum absolute atomic E-state index is 0.0519. The number of hydrogen-bond acceptors (Lipinski definition) is 4. The Bertz CT molecular complexity index is 633. The Morgan fingerprint density at radius 1 is 1.39 bits per heavy atom. The predicted molar refractivity (Wildman–Crippen MR) is 61.6 cm³/mol. The van der Waals surface area contributed by atoms with E-state index in [4.69, 9.17) is 10.8 Å². The maximum Gasteiger partial charge on any atom is 0.339 e. The Hall–Kier alpha value is -2.70. The quantitative estimate of drug-likeness (QED) is 0.812. The van der Waals surface area contributed by atoms with Gasteiger partial charge in [-0.3, -0.25) is 4.79 Å². The highest BCUT2D eigenvalue weighted by Crippen LogP contribution is 2.13. The molecule has 0 saturated carbocycles. The molecule has 2 heterocycles. The van der Waals surface area contributed by atoms with Gasteiger partial charge in [0.05, 0.1) is 11.3 Å². The minimum Gasteiger partial charge on any atom is -0.478 e. The number of aryl methyl sites for hydroxylation is 1. The summed E-state index contributed by atoms with van der Waals surface area (Å²) in [6, 6.07) is 3.07. The first-order chi connectivity index (χ1) is 8.50. The molecule has 0 spiro atoms. The summed E-state index contributed by atoms with van der Waals surface area (Å²) in [6.45, 7) is 1.56. The Kier molecular flexibility index (Phi) is 2.80. The summed E-state index contributed by atoms with van der Waals surface area (Å²) in [5.41, 5.74) is 5.79. The van der Waals surface area contributed by atoms with E-state index in [2.05, 4.69) is 10.1 Å². The van der Waals surface area contributed by atoms with Gasteiger partial charge in [0.2, 0.25) is 0 Å². The third kappa shape index (κ3) is 1.93. The molecular weight excluding hydrogens is 236 g/mol. The molecule has 0 aromatic carbocycles. The van der Waals surface area contributed by atoms with E-state index < -0.39 is 11.9 Å². The van der Waals surface area contributed by atoms with Gasteiger partial charge in [0, 0.05) is 12.4 Å². The molecule has 0 aliphatic rings. The van der Waals surface area contributed by atoms with Crippen molar-refractivity contribution in [2.24, 2.45) is 5.73 Å². The van der Waals surface area contributed by atoms with Crippen molar-refractivity contribution < 1.29 is 14.7 Å². The van der Waals surface area contributed by atoms with Crippen LogP contribution in [-0.2, 0) is 0 Å². The molecule has 0 fully saturated rings. The molecule has 0 aliphatic carbocycles. The van der Waals surface area contributed by atoms with E-state index in [1.165, 1.54) is 23.1 Å². The second kappa shape index (κ2) is 4.28. The van der Waals surface area contributed by atoms with E-state index in [9.17, 15) is 9.59 Å². The zero-order valence-corrected chi connectivity index (χ0v) is 9.49. The highest BCUT2D eigenvalue weighted by atomic mass is 16.4. The summed E-state index contributed by atoms with van der Waals surface area (Å²) in [5.74, 6) is -1.53. The van der Waals surface area contributed by atoms with E-state index in [0.717, 1.165) is 0 Å². The second-order valence-electron chi connectivity index (χ2n) is 3.62. The standard InChI is InChI=1S/C11H10N4O3/c1-6-8(11(17)18)5-15(14-6)10-7(9(12)16)3-2-4-13-10/h2-5H,1H3,(H2,12,16)(H,17,18). The van der Waals surface area contributed by atoms with Crippen LogP contribution < -0.4 is 5.73 Å². The van der Waals surface area contributed by atoms with E-state index in [-0.39, 0.29) is 16.9 Å². The van der Waals surface area contributed by atoms with Gasteiger partial charge in [0.25, 0.3) is 5.91 Å². The fraction of sp³-hybridized carbons (Fsp3) is 0.0909. The first kappa shape index (κ1) is 11.8.